The molecule has 0 aromatic carbocycles. The summed E-state index contributed by atoms with van der Waals surface area (Å²) >= 11 is 1.90. The molecule has 1 aliphatic heterocycles. The van der Waals surface area contributed by atoms with Crippen LogP contribution in [0.4, 0.5) is 0 Å². The first-order valence-corrected chi connectivity index (χ1v) is 5.14. The maximum absolute atomic E-state index is 5.36. The normalized spacial score (nSPS) is 16.3. The number of aliphatic imine (C=N–C) groups is 1. The summed E-state index contributed by atoms with van der Waals surface area (Å²) < 4.78 is 0. The van der Waals surface area contributed by atoms with Crippen molar-refractivity contribution in [1.82, 2.24) is 5.32 Å². The molecule has 0 saturated carbocycles. The van der Waals surface area contributed by atoms with Crippen LogP contribution >= 0.6 is 11.8 Å². The fourth-order valence-corrected chi connectivity index (χ4v) is 1.80. The molecule has 0 saturated heterocycles. The van der Waals surface area contributed by atoms with Crippen LogP contribution in [0.2, 0.25) is 0 Å². The zero-order chi connectivity index (χ0) is 7.94. The molecular weight excluding hydrogens is 158 g/mol. The largest absolute Gasteiger partial charge is 0.371 e. The molecule has 11 heavy (non-hydrogen) atoms. The molecule has 4 heteroatoms. The second kappa shape index (κ2) is 5.43. The monoisotopic (exact) mass is 173 g/mol. The van der Waals surface area contributed by atoms with E-state index >= 15 is 0 Å². The summed E-state index contributed by atoms with van der Waals surface area (Å²) in [6.45, 7) is 2.77. The van der Waals surface area contributed by atoms with Crippen LogP contribution < -0.4 is 11.1 Å². The first kappa shape index (κ1) is 8.87. The molecule has 1 heterocycles. The first-order chi connectivity index (χ1) is 5.43. The summed E-state index contributed by atoms with van der Waals surface area (Å²) in [5.74, 6) is 3.34. The molecule has 0 bridgehead atoms. The van der Waals surface area contributed by atoms with Gasteiger partial charge >= 0.3 is 0 Å². The number of nitrogens with one attached hydrogen (secondary N) is 1. The Morgan fingerprint density at radius 3 is 3.18 bits per heavy atom. The number of rotatable bonds is 5. The molecule has 0 amide bonds. The molecule has 3 nitrogen and oxygen atoms in total. The van der Waals surface area contributed by atoms with Crippen molar-refractivity contribution in [2.45, 2.75) is 6.42 Å². The Labute approximate surface area is 71.8 Å². The van der Waals surface area contributed by atoms with Crippen LogP contribution in [-0.4, -0.2) is 37.0 Å². The highest BCUT2D eigenvalue weighted by molar-refractivity contribution is 7.99. The third kappa shape index (κ3) is 3.62. The fourth-order valence-electron chi connectivity index (χ4n) is 0.898. The smallest absolute Gasteiger partial charge is 0.106 e. The molecule has 1 aliphatic rings. The van der Waals surface area contributed by atoms with Crippen LogP contribution in [0.15, 0.2) is 4.99 Å². The predicted molar refractivity (Wildman–Crippen MR) is 51.3 cm³/mol. The van der Waals surface area contributed by atoms with Crippen LogP contribution in [0, 0.1) is 0 Å². The van der Waals surface area contributed by atoms with Gasteiger partial charge in [0.25, 0.3) is 0 Å². The third-order valence-corrected chi connectivity index (χ3v) is 2.53. The van der Waals surface area contributed by atoms with Gasteiger partial charge in [-0.2, -0.15) is 11.8 Å². The lowest BCUT2D eigenvalue weighted by Gasteiger charge is -2.00. The topological polar surface area (TPSA) is 50.4 Å². The zero-order valence-electron chi connectivity index (χ0n) is 6.68. The summed E-state index contributed by atoms with van der Waals surface area (Å²) in [5, 5.41) is 3.23. The number of nitrogens with two attached hydrogens (primary N) is 1. The Balaban J connectivity index is 1.94. The highest BCUT2D eigenvalue weighted by Gasteiger charge is 2.03. The lowest BCUT2D eigenvalue weighted by Crippen LogP contribution is -2.20. The number of thioether (sulfide) groups is 1. The van der Waals surface area contributed by atoms with Crippen molar-refractivity contribution in [2.75, 3.05) is 31.1 Å². The van der Waals surface area contributed by atoms with Crippen molar-refractivity contribution in [3.8, 4) is 0 Å². The van der Waals surface area contributed by atoms with Gasteiger partial charge in [0.05, 0.1) is 12.3 Å². The summed E-state index contributed by atoms with van der Waals surface area (Å²) in [7, 11) is 0. The van der Waals surface area contributed by atoms with E-state index in [0.29, 0.717) is 0 Å². The molecule has 1 rings (SSSR count). The molecule has 0 atom stereocenters. The van der Waals surface area contributed by atoms with Crippen LogP contribution in [0.25, 0.3) is 0 Å². The Kier molecular flexibility index (Phi) is 4.38. The van der Waals surface area contributed by atoms with Crippen LogP contribution in [0.3, 0.4) is 0 Å². The fraction of sp³-hybridized carbons (Fsp3) is 0.857. The molecule has 64 valence electrons. The minimum absolute atomic E-state index is 0.799. The predicted octanol–water partition coefficient (Wildman–Crippen LogP) is 0.0701. The number of amidine groups is 1. The van der Waals surface area contributed by atoms with Gasteiger partial charge in [0.15, 0.2) is 0 Å². The van der Waals surface area contributed by atoms with Gasteiger partial charge in [-0.25, -0.2) is 0 Å². The SMILES string of the molecule is NCCCSCC1=NCCN1. The van der Waals surface area contributed by atoms with E-state index in [1.165, 1.54) is 0 Å². The molecule has 0 aromatic heterocycles. The van der Waals surface area contributed by atoms with E-state index in [1.54, 1.807) is 0 Å². The van der Waals surface area contributed by atoms with E-state index in [-0.39, 0.29) is 0 Å². The lowest BCUT2D eigenvalue weighted by molar-refractivity contribution is 0.943. The van der Waals surface area contributed by atoms with Crippen molar-refractivity contribution in [3.05, 3.63) is 0 Å². The third-order valence-electron chi connectivity index (χ3n) is 1.48. The second-order valence-corrected chi connectivity index (χ2v) is 3.56. The standard InChI is InChI=1S/C7H15N3S/c8-2-1-5-11-6-7-9-3-4-10-7/h1-6,8H2,(H,9,10). The average molecular weight is 173 g/mol. The van der Waals surface area contributed by atoms with Gasteiger partial charge in [0, 0.05) is 6.54 Å². The van der Waals surface area contributed by atoms with Crippen molar-refractivity contribution < 1.29 is 0 Å². The Morgan fingerprint density at radius 2 is 2.55 bits per heavy atom. The molecule has 0 fully saturated rings. The van der Waals surface area contributed by atoms with Crippen molar-refractivity contribution in [1.29, 1.82) is 0 Å². The van der Waals surface area contributed by atoms with Crippen molar-refractivity contribution >= 4 is 17.6 Å². The summed E-state index contributed by atoms with van der Waals surface area (Å²) in [6, 6.07) is 0. The Bertz CT molecular complexity index is 136. The zero-order valence-corrected chi connectivity index (χ0v) is 7.49. The number of nitrogens with zero attached hydrogens (tertiary/aromatic N) is 1. The number of hydrogen-bond donors (Lipinski definition) is 2. The molecule has 0 spiro atoms. The van der Waals surface area contributed by atoms with Crippen molar-refractivity contribution in [2.24, 2.45) is 10.7 Å². The average Bonchev–Trinajstić information content (AvgIpc) is 2.50. The second-order valence-electron chi connectivity index (χ2n) is 2.45. The van der Waals surface area contributed by atoms with Gasteiger partial charge in [-0.05, 0) is 18.7 Å². The summed E-state index contributed by atoms with van der Waals surface area (Å²) in [6.07, 6.45) is 1.11. The van der Waals surface area contributed by atoms with Crippen molar-refractivity contribution in [3.63, 3.8) is 0 Å². The van der Waals surface area contributed by atoms with E-state index in [4.69, 9.17) is 5.73 Å². The molecular formula is C7H15N3S. The van der Waals surface area contributed by atoms with Gasteiger partial charge in [-0.3, -0.25) is 4.99 Å². The molecule has 0 radical (unpaired) electrons. The highest BCUT2D eigenvalue weighted by Crippen LogP contribution is 2.02. The lowest BCUT2D eigenvalue weighted by atomic mass is 10.5. The summed E-state index contributed by atoms with van der Waals surface area (Å²) in [4.78, 5) is 4.29. The van der Waals surface area contributed by atoms with Gasteiger partial charge in [0.1, 0.15) is 5.84 Å². The minimum atomic E-state index is 0.799. The minimum Gasteiger partial charge on any atom is -0.371 e. The first-order valence-electron chi connectivity index (χ1n) is 3.98. The van der Waals surface area contributed by atoms with Crippen LogP contribution in [-0.2, 0) is 0 Å². The molecule has 0 aliphatic carbocycles. The van der Waals surface area contributed by atoms with Gasteiger partial charge in [-0.15, -0.1) is 0 Å². The molecule has 0 aromatic rings. The molecule has 3 N–H and O–H groups in total. The number of hydrogen-bond acceptors (Lipinski definition) is 4. The molecule has 0 unspecified atom stereocenters. The van der Waals surface area contributed by atoms with E-state index in [9.17, 15) is 0 Å². The van der Waals surface area contributed by atoms with E-state index < -0.39 is 0 Å². The van der Waals surface area contributed by atoms with Gasteiger partial charge in [-0.1, -0.05) is 0 Å². The maximum Gasteiger partial charge on any atom is 0.106 e. The van der Waals surface area contributed by atoms with Gasteiger partial charge < -0.3 is 11.1 Å². The van der Waals surface area contributed by atoms with Crippen LogP contribution in [0.1, 0.15) is 6.42 Å². The summed E-state index contributed by atoms with van der Waals surface area (Å²) in [5.41, 5.74) is 5.36. The maximum atomic E-state index is 5.36. The van der Waals surface area contributed by atoms with E-state index in [2.05, 4.69) is 10.3 Å². The highest BCUT2D eigenvalue weighted by atomic mass is 32.2. The van der Waals surface area contributed by atoms with Crippen LogP contribution in [0.5, 0.6) is 0 Å². The Morgan fingerprint density at radius 1 is 1.64 bits per heavy atom. The van der Waals surface area contributed by atoms with Gasteiger partial charge in [0.2, 0.25) is 0 Å². The quantitative estimate of drug-likeness (QED) is 0.578. The van der Waals surface area contributed by atoms with E-state index in [0.717, 1.165) is 43.4 Å². The van der Waals surface area contributed by atoms with E-state index in [1.807, 2.05) is 11.8 Å². The Hall–Kier alpha value is -0.220.